The predicted octanol–water partition coefficient (Wildman–Crippen LogP) is 4.83. The van der Waals surface area contributed by atoms with Crippen LogP contribution in [0, 0.1) is 0 Å². The Labute approximate surface area is 148 Å². The molecule has 0 aliphatic carbocycles. The average molecular weight is 360 g/mol. The smallest absolute Gasteiger partial charge is 0.358 e. The molecule has 1 aromatic heterocycles. The Balaban J connectivity index is 1.70. The number of benzene rings is 2. The normalized spacial score (nSPS) is 10.4. The van der Waals surface area contributed by atoms with Gasteiger partial charge in [0.1, 0.15) is 17.4 Å². The Kier molecular flexibility index (Phi) is 5.13. The second kappa shape index (κ2) is 7.47. The van der Waals surface area contributed by atoms with Gasteiger partial charge in [-0.3, -0.25) is 0 Å². The van der Waals surface area contributed by atoms with Crippen LogP contribution >= 0.6 is 22.9 Å². The molecule has 122 valence electrons. The van der Waals surface area contributed by atoms with Crippen molar-refractivity contribution in [3.05, 3.63) is 70.2 Å². The van der Waals surface area contributed by atoms with Gasteiger partial charge in [-0.1, -0.05) is 41.9 Å². The van der Waals surface area contributed by atoms with Crippen LogP contribution in [0.5, 0.6) is 5.75 Å². The van der Waals surface area contributed by atoms with Crippen LogP contribution in [0.2, 0.25) is 5.02 Å². The molecule has 0 fully saturated rings. The maximum absolute atomic E-state index is 12.2. The first kappa shape index (κ1) is 16.5. The summed E-state index contributed by atoms with van der Waals surface area (Å²) in [5.74, 6) is 0.216. The monoisotopic (exact) mass is 359 g/mol. The molecule has 0 spiro atoms. The standard InChI is InChI=1S/C18H14ClNO3S/c1-22-16-8-3-2-5-13(16)10-23-18(21)15-11-24-17(20-15)12-6-4-7-14(19)9-12/h2-9,11H,10H2,1H3. The molecule has 3 aromatic rings. The summed E-state index contributed by atoms with van der Waals surface area (Å²) in [6, 6.07) is 14.8. The summed E-state index contributed by atoms with van der Waals surface area (Å²) in [5.41, 5.74) is 1.96. The molecule has 0 atom stereocenters. The Bertz CT molecular complexity index is 863. The summed E-state index contributed by atoms with van der Waals surface area (Å²) < 4.78 is 10.6. The van der Waals surface area contributed by atoms with Gasteiger partial charge in [0, 0.05) is 21.5 Å². The van der Waals surface area contributed by atoms with Crippen molar-refractivity contribution in [1.29, 1.82) is 0 Å². The Morgan fingerprint density at radius 3 is 2.83 bits per heavy atom. The number of halogens is 1. The van der Waals surface area contributed by atoms with Gasteiger partial charge < -0.3 is 9.47 Å². The maximum Gasteiger partial charge on any atom is 0.358 e. The molecule has 2 aromatic carbocycles. The predicted molar refractivity (Wildman–Crippen MR) is 94.7 cm³/mol. The van der Waals surface area contributed by atoms with Gasteiger partial charge in [0.05, 0.1) is 7.11 Å². The van der Waals surface area contributed by atoms with Crippen LogP contribution in [0.3, 0.4) is 0 Å². The lowest BCUT2D eigenvalue weighted by molar-refractivity contribution is 0.0464. The van der Waals surface area contributed by atoms with E-state index in [1.165, 1.54) is 11.3 Å². The first-order valence-corrected chi connectivity index (χ1v) is 8.43. The first-order valence-electron chi connectivity index (χ1n) is 7.18. The number of carbonyl (C=O) groups is 1. The van der Waals surface area contributed by atoms with E-state index in [4.69, 9.17) is 21.1 Å². The molecule has 0 bridgehead atoms. The lowest BCUT2D eigenvalue weighted by atomic mass is 10.2. The van der Waals surface area contributed by atoms with E-state index in [1.54, 1.807) is 18.6 Å². The van der Waals surface area contributed by atoms with E-state index in [0.717, 1.165) is 16.1 Å². The van der Waals surface area contributed by atoms with Crippen LogP contribution in [0.15, 0.2) is 53.9 Å². The average Bonchev–Trinajstić information content (AvgIpc) is 3.10. The quantitative estimate of drug-likeness (QED) is 0.612. The minimum atomic E-state index is -0.467. The van der Waals surface area contributed by atoms with Gasteiger partial charge in [-0.2, -0.15) is 0 Å². The zero-order chi connectivity index (χ0) is 16.9. The minimum absolute atomic E-state index is 0.132. The maximum atomic E-state index is 12.2. The zero-order valence-electron chi connectivity index (χ0n) is 12.9. The Morgan fingerprint density at radius 1 is 1.21 bits per heavy atom. The SMILES string of the molecule is COc1ccccc1COC(=O)c1csc(-c2cccc(Cl)c2)n1. The fraction of sp³-hybridized carbons (Fsp3) is 0.111. The molecule has 1 heterocycles. The molecule has 24 heavy (non-hydrogen) atoms. The molecule has 0 N–H and O–H groups in total. The third-order valence-corrected chi connectivity index (χ3v) is 4.46. The van der Waals surface area contributed by atoms with Crippen molar-refractivity contribution in [1.82, 2.24) is 4.98 Å². The fourth-order valence-electron chi connectivity index (χ4n) is 2.16. The van der Waals surface area contributed by atoms with E-state index >= 15 is 0 Å². The van der Waals surface area contributed by atoms with Crippen LogP contribution in [0.25, 0.3) is 10.6 Å². The van der Waals surface area contributed by atoms with Crippen molar-refractivity contribution in [3.63, 3.8) is 0 Å². The molecule has 0 saturated carbocycles. The third kappa shape index (κ3) is 3.75. The second-order valence-electron chi connectivity index (χ2n) is 4.94. The van der Waals surface area contributed by atoms with Crippen LogP contribution in [-0.2, 0) is 11.3 Å². The van der Waals surface area contributed by atoms with Gasteiger partial charge in [0.25, 0.3) is 0 Å². The van der Waals surface area contributed by atoms with Gasteiger partial charge in [0.2, 0.25) is 0 Å². The lowest BCUT2D eigenvalue weighted by Gasteiger charge is -2.08. The summed E-state index contributed by atoms with van der Waals surface area (Å²) >= 11 is 7.36. The minimum Gasteiger partial charge on any atom is -0.496 e. The molecule has 0 radical (unpaired) electrons. The molecular formula is C18H14ClNO3S. The molecule has 0 unspecified atom stereocenters. The largest absolute Gasteiger partial charge is 0.496 e. The highest BCUT2D eigenvalue weighted by molar-refractivity contribution is 7.13. The van der Waals surface area contributed by atoms with Crippen molar-refractivity contribution in [2.75, 3.05) is 7.11 Å². The number of ether oxygens (including phenoxy) is 2. The van der Waals surface area contributed by atoms with Crippen molar-refractivity contribution >= 4 is 28.9 Å². The van der Waals surface area contributed by atoms with Crippen molar-refractivity contribution < 1.29 is 14.3 Å². The molecular weight excluding hydrogens is 346 g/mol. The van der Waals surface area contributed by atoms with Crippen molar-refractivity contribution in [2.24, 2.45) is 0 Å². The van der Waals surface area contributed by atoms with E-state index in [9.17, 15) is 4.79 Å². The van der Waals surface area contributed by atoms with Gasteiger partial charge in [-0.15, -0.1) is 11.3 Å². The molecule has 3 rings (SSSR count). The first-order chi connectivity index (χ1) is 11.7. The van der Waals surface area contributed by atoms with Gasteiger partial charge >= 0.3 is 5.97 Å². The Hall–Kier alpha value is -2.37. The molecule has 0 amide bonds. The molecule has 6 heteroatoms. The number of methoxy groups -OCH3 is 1. The molecule has 0 saturated heterocycles. The van der Waals surface area contributed by atoms with Gasteiger partial charge in [-0.05, 0) is 18.2 Å². The van der Waals surface area contributed by atoms with E-state index in [2.05, 4.69) is 4.98 Å². The number of thiazole rings is 1. The topological polar surface area (TPSA) is 48.4 Å². The molecule has 0 aliphatic rings. The summed E-state index contributed by atoms with van der Waals surface area (Å²) in [4.78, 5) is 16.5. The summed E-state index contributed by atoms with van der Waals surface area (Å²) in [5, 5.41) is 3.03. The second-order valence-corrected chi connectivity index (χ2v) is 6.23. The van der Waals surface area contributed by atoms with Crippen molar-refractivity contribution in [2.45, 2.75) is 6.61 Å². The fourth-order valence-corrected chi connectivity index (χ4v) is 3.14. The molecule has 0 aliphatic heterocycles. The number of aromatic nitrogens is 1. The van der Waals surface area contributed by atoms with Gasteiger partial charge in [-0.25, -0.2) is 9.78 Å². The van der Waals surface area contributed by atoms with Gasteiger partial charge in [0.15, 0.2) is 5.69 Å². The number of hydrogen-bond acceptors (Lipinski definition) is 5. The van der Waals surface area contributed by atoms with Crippen LogP contribution < -0.4 is 4.74 Å². The van der Waals surface area contributed by atoms with E-state index in [1.807, 2.05) is 42.5 Å². The Morgan fingerprint density at radius 2 is 2.04 bits per heavy atom. The van der Waals surface area contributed by atoms with Crippen LogP contribution in [0.1, 0.15) is 16.1 Å². The summed E-state index contributed by atoms with van der Waals surface area (Å²) in [6.45, 7) is 0.132. The van der Waals surface area contributed by atoms with E-state index < -0.39 is 5.97 Å². The highest BCUT2D eigenvalue weighted by Gasteiger charge is 2.14. The number of hydrogen-bond donors (Lipinski definition) is 0. The van der Waals surface area contributed by atoms with Crippen molar-refractivity contribution in [3.8, 4) is 16.3 Å². The number of para-hydroxylation sites is 1. The highest BCUT2D eigenvalue weighted by atomic mass is 35.5. The summed E-state index contributed by atoms with van der Waals surface area (Å²) in [7, 11) is 1.58. The summed E-state index contributed by atoms with van der Waals surface area (Å²) in [6.07, 6.45) is 0. The van der Waals surface area contributed by atoms with Crippen LogP contribution in [0.4, 0.5) is 0 Å². The number of rotatable bonds is 5. The number of esters is 1. The van der Waals surface area contributed by atoms with Crippen LogP contribution in [-0.4, -0.2) is 18.1 Å². The number of carbonyl (C=O) groups excluding carboxylic acids is 1. The zero-order valence-corrected chi connectivity index (χ0v) is 14.4. The molecule has 4 nitrogen and oxygen atoms in total. The van der Waals surface area contributed by atoms with E-state index in [-0.39, 0.29) is 12.3 Å². The lowest BCUT2D eigenvalue weighted by Crippen LogP contribution is -2.06. The number of nitrogens with zero attached hydrogens (tertiary/aromatic N) is 1. The highest BCUT2D eigenvalue weighted by Crippen LogP contribution is 2.26. The van der Waals surface area contributed by atoms with E-state index in [0.29, 0.717) is 10.8 Å². The third-order valence-electron chi connectivity index (χ3n) is 3.34.